The number of benzene rings is 1. The molecule has 252 valence electrons. The van der Waals surface area contributed by atoms with Crippen molar-refractivity contribution >= 4 is 46.2 Å². The first kappa shape index (κ1) is 33.6. The monoisotopic (exact) mass is 652 g/mol. The van der Waals surface area contributed by atoms with Crippen LogP contribution in [0.5, 0.6) is 5.88 Å². The van der Waals surface area contributed by atoms with Crippen LogP contribution in [0, 0.1) is 12.7 Å². The van der Waals surface area contributed by atoms with Crippen molar-refractivity contribution in [2.45, 2.75) is 91.1 Å². The number of rotatable bonds is 4. The molecule has 3 amide bonds. The fourth-order valence-corrected chi connectivity index (χ4v) is 5.54. The van der Waals surface area contributed by atoms with Gasteiger partial charge in [-0.25, -0.2) is 28.7 Å². The summed E-state index contributed by atoms with van der Waals surface area (Å²) in [6.07, 6.45) is 2.50. The highest BCUT2D eigenvalue weighted by atomic mass is 19.1. The normalized spacial score (nSPS) is 17.9. The highest BCUT2D eigenvalue weighted by molar-refractivity contribution is 6.05. The molecule has 1 saturated carbocycles. The molecule has 0 saturated heterocycles. The molecule has 14 heteroatoms. The summed E-state index contributed by atoms with van der Waals surface area (Å²) in [4.78, 5) is 48.8. The fraction of sp³-hybridized carbons (Fsp3) is 0.485. The van der Waals surface area contributed by atoms with E-state index < -0.39 is 41.4 Å². The molecule has 0 spiro atoms. The maximum atomic E-state index is 16.6. The number of anilines is 3. The highest BCUT2D eigenvalue weighted by Gasteiger charge is 2.33. The molecule has 3 heterocycles. The summed E-state index contributed by atoms with van der Waals surface area (Å²) >= 11 is 0. The van der Waals surface area contributed by atoms with Crippen LogP contribution < -0.4 is 26.0 Å². The van der Waals surface area contributed by atoms with Gasteiger partial charge in [0.15, 0.2) is 5.82 Å². The molecule has 1 aliphatic heterocycles. The number of nitrogens with one attached hydrogen (secondary N) is 2. The van der Waals surface area contributed by atoms with Gasteiger partial charge in [0.25, 0.3) is 0 Å². The Hall–Kier alpha value is -4.72. The Morgan fingerprint density at radius 1 is 0.979 bits per heavy atom. The van der Waals surface area contributed by atoms with Gasteiger partial charge in [0.2, 0.25) is 5.88 Å². The Morgan fingerprint density at radius 2 is 1.70 bits per heavy atom. The molecular weight excluding hydrogens is 611 g/mol. The van der Waals surface area contributed by atoms with Crippen molar-refractivity contribution in [2.75, 3.05) is 28.7 Å². The topological polar surface area (TPSA) is 167 Å². The first-order chi connectivity index (χ1) is 22.0. The highest BCUT2D eigenvalue weighted by Crippen LogP contribution is 2.42. The molecule has 5 rings (SSSR count). The van der Waals surface area contributed by atoms with Crippen LogP contribution >= 0.6 is 0 Å². The number of hydrogen-bond acceptors (Lipinski definition) is 10. The summed E-state index contributed by atoms with van der Waals surface area (Å²) < 4.78 is 38.8. The second kappa shape index (κ2) is 12.8. The number of fused-ring (bicyclic) bond motifs is 2. The molecule has 2 aromatic heterocycles. The van der Waals surface area contributed by atoms with Crippen molar-refractivity contribution in [1.82, 2.24) is 9.97 Å². The summed E-state index contributed by atoms with van der Waals surface area (Å²) in [6, 6.07) is 2.85. The van der Waals surface area contributed by atoms with E-state index in [4.69, 9.17) is 24.7 Å². The lowest BCUT2D eigenvalue weighted by molar-refractivity contribution is 0.0564. The van der Waals surface area contributed by atoms with Gasteiger partial charge in [-0.05, 0) is 90.8 Å². The van der Waals surface area contributed by atoms with Crippen LogP contribution in [-0.2, 0) is 14.2 Å². The number of aromatic nitrogens is 2. The Balaban J connectivity index is 1.59. The quantitative estimate of drug-likeness (QED) is 0.260. The molecule has 47 heavy (non-hydrogen) atoms. The largest absolute Gasteiger partial charge is 0.474 e. The summed E-state index contributed by atoms with van der Waals surface area (Å²) in [5, 5.41) is 5.82. The number of carbonyl (C=O) groups is 3. The van der Waals surface area contributed by atoms with Gasteiger partial charge in [-0.1, -0.05) is 0 Å². The van der Waals surface area contributed by atoms with Crippen LogP contribution in [0.25, 0.3) is 21.9 Å². The van der Waals surface area contributed by atoms with Crippen LogP contribution in [0.3, 0.4) is 0 Å². The van der Waals surface area contributed by atoms with Gasteiger partial charge in [0.05, 0.1) is 12.2 Å². The zero-order valence-corrected chi connectivity index (χ0v) is 27.7. The Kier molecular flexibility index (Phi) is 9.18. The van der Waals surface area contributed by atoms with E-state index in [2.05, 4.69) is 20.6 Å². The predicted octanol–water partition coefficient (Wildman–Crippen LogP) is 6.65. The average molecular weight is 653 g/mol. The van der Waals surface area contributed by atoms with Crippen molar-refractivity contribution in [3.63, 3.8) is 0 Å². The number of ether oxygens (including phenoxy) is 4. The fourth-order valence-electron chi connectivity index (χ4n) is 5.54. The first-order valence-corrected chi connectivity index (χ1v) is 15.5. The van der Waals surface area contributed by atoms with Crippen molar-refractivity contribution in [3.05, 3.63) is 35.9 Å². The number of halogens is 1. The second-order valence-corrected chi connectivity index (χ2v) is 13.6. The zero-order valence-electron chi connectivity index (χ0n) is 27.7. The molecule has 1 aromatic carbocycles. The average Bonchev–Trinajstić information content (AvgIpc) is 3.36. The van der Waals surface area contributed by atoms with E-state index in [9.17, 15) is 14.4 Å². The summed E-state index contributed by atoms with van der Waals surface area (Å²) in [7, 11) is 0. The zero-order chi connectivity index (χ0) is 34.3. The van der Waals surface area contributed by atoms with E-state index in [0.29, 0.717) is 28.6 Å². The number of pyridine rings is 2. The third-order valence-corrected chi connectivity index (χ3v) is 7.58. The molecular formula is C33H41FN6O7. The van der Waals surface area contributed by atoms with E-state index in [1.165, 1.54) is 23.4 Å². The lowest BCUT2D eigenvalue weighted by Crippen LogP contribution is -2.42. The molecule has 0 bridgehead atoms. The van der Waals surface area contributed by atoms with E-state index >= 15 is 4.39 Å². The maximum absolute atomic E-state index is 16.6. The smallest absolute Gasteiger partial charge is 0.415 e. The molecule has 1 fully saturated rings. The molecule has 4 N–H and O–H groups in total. The van der Waals surface area contributed by atoms with Crippen LogP contribution in [-0.4, -0.2) is 64.7 Å². The van der Waals surface area contributed by atoms with Gasteiger partial charge in [-0.15, -0.1) is 0 Å². The molecule has 13 nitrogen and oxygen atoms in total. The number of hydrogen-bond donors (Lipinski definition) is 3. The van der Waals surface area contributed by atoms with Crippen molar-refractivity contribution in [3.8, 4) is 17.0 Å². The van der Waals surface area contributed by atoms with Gasteiger partial charge >= 0.3 is 18.3 Å². The summed E-state index contributed by atoms with van der Waals surface area (Å²) in [6.45, 7) is 12.5. The molecule has 1 aliphatic carbocycles. The number of nitrogens with two attached hydrogens (primary N) is 1. The maximum Gasteiger partial charge on any atom is 0.415 e. The van der Waals surface area contributed by atoms with Crippen molar-refractivity contribution in [1.29, 1.82) is 0 Å². The van der Waals surface area contributed by atoms with E-state index in [1.807, 2.05) is 0 Å². The van der Waals surface area contributed by atoms with Crippen LogP contribution in [0.1, 0.15) is 66.4 Å². The standard InChI is InChI=1S/C33H41FN6O7/c1-17-20(15-37-28-27(17)40(11-12-44-28)31(43)47-33(5,6)7)19-13-18-14-24(38-29(41)45-23-10-8-9-22(23)35)36-16-21(18)26(25(19)34)39-30(42)46-32(2,3)4/h13-16,22-23H,8-12,35H2,1-7H3,(H,39,42)(H,36,38,41)/t22-,23-/m1/s1. The van der Waals surface area contributed by atoms with Crippen LogP contribution in [0.2, 0.25) is 0 Å². The van der Waals surface area contributed by atoms with Gasteiger partial charge < -0.3 is 24.7 Å². The van der Waals surface area contributed by atoms with Gasteiger partial charge in [-0.3, -0.25) is 15.5 Å². The van der Waals surface area contributed by atoms with E-state index in [1.54, 1.807) is 54.5 Å². The summed E-state index contributed by atoms with van der Waals surface area (Å²) in [5.41, 5.74) is 5.46. The lowest BCUT2D eigenvalue weighted by Gasteiger charge is -2.32. The van der Waals surface area contributed by atoms with E-state index in [0.717, 1.165) is 12.8 Å². The number of carbonyl (C=O) groups excluding carboxylic acids is 3. The molecule has 2 aliphatic rings. The van der Waals surface area contributed by atoms with Crippen LogP contribution in [0.4, 0.5) is 36.0 Å². The van der Waals surface area contributed by atoms with Crippen molar-refractivity contribution < 1.29 is 37.7 Å². The third kappa shape index (κ3) is 7.64. The number of amides is 3. The van der Waals surface area contributed by atoms with E-state index in [-0.39, 0.29) is 47.5 Å². The minimum absolute atomic E-state index is 0.0581. The number of nitrogens with zero attached hydrogens (tertiary/aromatic N) is 3. The predicted molar refractivity (Wildman–Crippen MR) is 174 cm³/mol. The van der Waals surface area contributed by atoms with Gasteiger partial charge in [0, 0.05) is 34.9 Å². The minimum atomic E-state index is -0.877. The Labute approximate surface area is 272 Å². The molecule has 3 aromatic rings. The Bertz CT molecular complexity index is 1720. The second-order valence-electron chi connectivity index (χ2n) is 13.6. The Morgan fingerprint density at radius 3 is 2.36 bits per heavy atom. The van der Waals surface area contributed by atoms with Crippen molar-refractivity contribution in [2.24, 2.45) is 5.73 Å². The minimum Gasteiger partial charge on any atom is -0.474 e. The SMILES string of the molecule is Cc1c(-c2cc3cc(NC(=O)O[C@@H]4CCC[C@H]4N)ncc3c(NC(=O)OC(C)(C)C)c2F)cnc2c1N(C(=O)OC(C)(C)C)CCO2. The van der Waals surface area contributed by atoms with Gasteiger partial charge in [-0.2, -0.15) is 0 Å². The molecule has 0 unspecified atom stereocenters. The van der Waals surface area contributed by atoms with Gasteiger partial charge in [0.1, 0.15) is 35.4 Å². The lowest BCUT2D eigenvalue weighted by atomic mass is 9.96. The first-order valence-electron chi connectivity index (χ1n) is 15.5. The van der Waals surface area contributed by atoms with Crippen LogP contribution in [0.15, 0.2) is 24.5 Å². The third-order valence-electron chi connectivity index (χ3n) is 7.58. The molecule has 2 atom stereocenters. The summed E-state index contributed by atoms with van der Waals surface area (Å²) in [5.74, 6) is -0.446. The molecule has 0 radical (unpaired) electrons.